The number of piperazine rings is 1. The first-order chi connectivity index (χ1) is 11.1. The Morgan fingerprint density at radius 1 is 0.920 bits per heavy atom. The molecule has 0 aromatic heterocycles. The van der Waals surface area contributed by atoms with Crippen molar-refractivity contribution in [1.29, 1.82) is 0 Å². The number of carbonyl (C=O) groups is 2. The van der Waals surface area contributed by atoms with Gasteiger partial charge in [-0.1, -0.05) is 12.8 Å². The predicted octanol–water partition coefficient (Wildman–Crippen LogP) is 1.75. The number of hydrogen-bond acceptors (Lipinski definition) is 4. The van der Waals surface area contributed by atoms with E-state index in [9.17, 15) is 9.59 Å². The number of hydrogen-bond donors (Lipinski definition) is 1. The van der Waals surface area contributed by atoms with Crippen molar-refractivity contribution < 1.29 is 9.59 Å². The molecule has 0 saturated carbocycles. The Morgan fingerprint density at radius 3 is 2.00 bits per heavy atom. The minimum Gasteiger partial charge on any atom is -0.342 e. The van der Waals surface area contributed by atoms with Crippen molar-refractivity contribution in [1.82, 2.24) is 14.7 Å². The van der Waals surface area contributed by atoms with Crippen molar-refractivity contribution in [2.75, 3.05) is 52.4 Å². The molecule has 25 heavy (non-hydrogen) atoms. The molecule has 0 aromatic rings. The van der Waals surface area contributed by atoms with Crippen molar-refractivity contribution in [3.63, 3.8) is 0 Å². The summed E-state index contributed by atoms with van der Waals surface area (Å²) in [6.07, 6.45) is 4.85. The van der Waals surface area contributed by atoms with Gasteiger partial charge in [-0.25, -0.2) is 0 Å². The number of halogens is 2. The lowest BCUT2D eigenvalue weighted by molar-refractivity contribution is -0.135. The minimum atomic E-state index is 0. The summed E-state index contributed by atoms with van der Waals surface area (Å²) < 4.78 is 0. The fourth-order valence-electron chi connectivity index (χ4n) is 2.96. The number of nitrogens with zero attached hydrogens (tertiary/aromatic N) is 3. The Bertz CT molecular complexity index is 361. The maximum absolute atomic E-state index is 12.2. The van der Waals surface area contributed by atoms with Crippen molar-refractivity contribution >= 4 is 36.6 Å². The zero-order valence-corrected chi connectivity index (χ0v) is 17.4. The fourth-order valence-corrected chi connectivity index (χ4v) is 2.96. The molecular weight excluding hydrogens is 363 g/mol. The molecule has 1 aliphatic rings. The molecule has 1 rings (SSSR count). The van der Waals surface area contributed by atoms with Crippen LogP contribution in [0.5, 0.6) is 0 Å². The summed E-state index contributed by atoms with van der Waals surface area (Å²) in [4.78, 5) is 30.2. The van der Waals surface area contributed by atoms with E-state index in [2.05, 4.69) is 4.90 Å². The van der Waals surface area contributed by atoms with Crippen LogP contribution in [0.2, 0.25) is 0 Å². The largest absolute Gasteiger partial charge is 0.342 e. The van der Waals surface area contributed by atoms with Gasteiger partial charge >= 0.3 is 0 Å². The SMILES string of the molecule is CCN(CC)C(=O)CN1CCN(C(=O)CCCCCCN)CC1.Cl.Cl. The van der Waals surface area contributed by atoms with Gasteiger partial charge in [0.25, 0.3) is 0 Å². The highest BCUT2D eigenvalue weighted by molar-refractivity contribution is 5.85. The average molecular weight is 399 g/mol. The van der Waals surface area contributed by atoms with Crippen molar-refractivity contribution in [2.24, 2.45) is 5.73 Å². The van der Waals surface area contributed by atoms with E-state index in [-0.39, 0.29) is 36.6 Å². The van der Waals surface area contributed by atoms with E-state index < -0.39 is 0 Å². The third-order valence-electron chi connectivity index (χ3n) is 4.54. The molecule has 0 unspecified atom stereocenters. The monoisotopic (exact) mass is 398 g/mol. The van der Waals surface area contributed by atoms with Gasteiger partial charge in [0.05, 0.1) is 6.54 Å². The first-order valence-corrected chi connectivity index (χ1v) is 9.10. The first-order valence-electron chi connectivity index (χ1n) is 9.10. The van der Waals surface area contributed by atoms with Crippen LogP contribution < -0.4 is 5.73 Å². The molecule has 1 saturated heterocycles. The molecule has 2 amide bonds. The topological polar surface area (TPSA) is 69.9 Å². The second-order valence-electron chi connectivity index (χ2n) is 6.18. The second kappa shape index (κ2) is 15.7. The number of rotatable bonds is 10. The van der Waals surface area contributed by atoms with Gasteiger partial charge in [-0.3, -0.25) is 14.5 Å². The van der Waals surface area contributed by atoms with Crippen LogP contribution in [0.15, 0.2) is 0 Å². The Kier molecular flexibility index (Phi) is 16.7. The molecule has 150 valence electrons. The van der Waals surface area contributed by atoms with Gasteiger partial charge < -0.3 is 15.5 Å². The van der Waals surface area contributed by atoms with Gasteiger partial charge in [-0.05, 0) is 33.2 Å². The molecule has 2 N–H and O–H groups in total. The van der Waals surface area contributed by atoms with Crippen LogP contribution in [0.3, 0.4) is 0 Å². The number of carbonyl (C=O) groups excluding carboxylic acids is 2. The van der Waals surface area contributed by atoms with Gasteiger partial charge in [-0.15, -0.1) is 24.8 Å². The summed E-state index contributed by atoms with van der Waals surface area (Å²) >= 11 is 0. The van der Waals surface area contributed by atoms with E-state index in [0.29, 0.717) is 13.0 Å². The first kappa shape index (κ1) is 26.7. The van der Waals surface area contributed by atoms with E-state index in [0.717, 1.165) is 71.5 Å². The lowest BCUT2D eigenvalue weighted by Crippen LogP contribution is -2.51. The van der Waals surface area contributed by atoms with Crippen LogP contribution in [0, 0.1) is 0 Å². The van der Waals surface area contributed by atoms with E-state index in [1.54, 1.807) is 0 Å². The summed E-state index contributed by atoms with van der Waals surface area (Å²) in [6, 6.07) is 0. The van der Waals surface area contributed by atoms with Crippen LogP contribution in [-0.2, 0) is 9.59 Å². The highest BCUT2D eigenvalue weighted by atomic mass is 35.5. The highest BCUT2D eigenvalue weighted by Crippen LogP contribution is 2.08. The molecule has 0 spiro atoms. The lowest BCUT2D eigenvalue weighted by atomic mass is 10.1. The Hall–Kier alpha value is -0.560. The third-order valence-corrected chi connectivity index (χ3v) is 4.54. The van der Waals surface area contributed by atoms with E-state index >= 15 is 0 Å². The molecule has 0 atom stereocenters. The molecule has 0 aromatic carbocycles. The van der Waals surface area contributed by atoms with E-state index in [4.69, 9.17) is 5.73 Å². The smallest absolute Gasteiger partial charge is 0.236 e. The van der Waals surface area contributed by atoms with Crippen molar-refractivity contribution in [2.45, 2.75) is 46.0 Å². The molecule has 1 aliphatic heterocycles. The maximum Gasteiger partial charge on any atom is 0.236 e. The van der Waals surface area contributed by atoms with Crippen molar-refractivity contribution in [3.05, 3.63) is 0 Å². The average Bonchev–Trinajstić information content (AvgIpc) is 2.56. The molecule has 6 nitrogen and oxygen atoms in total. The summed E-state index contributed by atoms with van der Waals surface area (Å²) in [5.41, 5.74) is 5.46. The van der Waals surface area contributed by atoms with Crippen LogP contribution in [0.1, 0.15) is 46.0 Å². The summed E-state index contributed by atoms with van der Waals surface area (Å²) in [7, 11) is 0. The van der Waals surface area contributed by atoms with E-state index in [1.807, 2.05) is 23.6 Å². The van der Waals surface area contributed by atoms with Gasteiger partial charge in [0, 0.05) is 45.7 Å². The Labute approximate surface area is 165 Å². The van der Waals surface area contributed by atoms with E-state index in [1.165, 1.54) is 0 Å². The number of amides is 2. The summed E-state index contributed by atoms with van der Waals surface area (Å²) in [5, 5.41) is 0. The normalized spacial score (nSPS) is 14.4. The zero-order valence-electron chi connectivity index (χ0n) is 15.7. The van der Waals surface area contributed by atoms with Crippen molar-refractivity contribution in [3.8, 4) is 0 Å². The lowest BCUT2D eigenvalue weighted by Gasteiger charge is -2.35. The third kappa shape index (κ3) is 10.2. The Morgan fingerprint density at radius 2 is 1.48 bits per heavy atom. The van der Waals surface area contributed by atoms with Gasteiger partial charge in [0.15, 0.2) is 0 Å². The molecule has 1 fully saturated rings. The predicted molar refractivity (Wildman–Crippen MR) is 108 cm³/mol. The van der Waals surface area contributed by atoms with Crippen LogP contribution >= 0.6 is 24.8 Å². The minimum absolute atomic E-state index is 0. The second-order valence-corrected chi connectivity index (χ2v) is 6.18. The van der Waals surface area contributed by atoms with Gasteiger partial charge in [-0.2, -0.15) is 0 Å². The highest BCUT2D eigenvalue weighted by Gasteiger charge is 2.23. The molecular formula is C17H36Cl2N4O2. The summed E-state index contributed by atoms with van der Waals surface area (Å²) in [6.45, 7) is 9.83. The van der Waals surface area contributed by atoms with Crippen LogP contribution in [0.4, 0.5) is 0 Å². The number of nitrogens with two attached hydrogens (primary N) is 1. The van der Waals surface area contributed by atoms with Crippen LogP contribution in [-0.4, -0.2) is 78.9 Å². The molecule has 0 radical (unpaired) electrons. The zero-order chi connectivity index (χ0) is 17.1. The number of likely N-dealkylation sites (N-methyl/N-ethyl adjacent to an activating group) is 1. The molecule has 0 bridgehead atoms. The van der Waals surface area contributed by atoms with Crippen LogP contribution in [0.25, 0.3) is 0 Å². The fraction of sp³-hybridized carbons (Fsp3) is 0.882. The summed E-state index contributed by atoms with van der Waals surface area (Å²) in [5.74, 6) is 0.446. The molecule has 1 heterocycles. The quantitative estimate of drug-likeness (QED) is 0.569. The molecule has 8 heteroatoms. The van der Waals surface area contributed by atoms with Gasteiger partial charge in [0.2, 0.25) is 11.8 Å². The number of unbranched alkanes of at least 4 members (excludes halogenated alkanes) is 3. The Balaban J connectivity index is 0. The van der Waals surface area contributed by atoms with Gasteiger partial charge in [0.1, 0.15) is 0 Å². The maximum atomic E-state index is 12.2. The molecule has 0 aliphatic carbocycles. The standard InChI is InChI=1S/C17H34N4O2.2ClH/c1-3-20(4-2)17(23)15-19-11-13-21(14-12-19)16(22)9-7-5-6-8-10-18;;/h3-15,18H2,1-2H3;2*1H.